The van der Waals surface area contributed by atoms with Gasteiger partial charge in [-0.2, -0.15) is 5.10 Å². The van der Waals surface area contributed by atoms with Gasteiger partial charge in [-0.25, -0.2) is 0 Å². The molecule has 0 spiro atoms. The van der Waals surface area contributed by atoms with E-state index < -0.39 is 5.54 Å². The summed E-state index contributed by atoms with van der Waals surface area (Å²) in [7, 11) is 0. The van der Waals surface area contributed by atoms with Crippen molar-refractivity contribution in [1.82, 2.24) is 9.78 Å². The molecule has 2 rings (SSSR count). The number of aliphatic hydroxyl groups excluding tert-OH is 1. The van der Waals surface area contributed by atoms with E-state index >= 15 is 0 Å². The summed E-state index contributed by atoms with van der Waals surface area (Å²) in [4.78, 5) is 0. The predicted molar refractivity (Wildman–Crippen MR) is 66.3 cm³/mol. The standard InChI is InChI=1S/C11H18BrN3O/c1-7-10(12)8(2)15(14-7)9-3-4-11(13,5-9)6-16/h9,16H,3-6,13H2,1-2H3. The largest absolute Gasteiger partial charge is 0.394 e. The third-order valence-electron chi connectivity index (χ3n) is 3.52. The number of rotatable bonds is 2. The Morgan fingerprint density at radius 1 is 1.62 bits per heavy atom. The third kappa shape index (κ3) is 1.92. The van der Waals surface area contributed by atoms with Gasteiger partial charge >= 0.3 is 0 Å². The average molecular weight is 288 g/mol. The Balaban J connectivity index is 2.24. The van der Waals surface area contributed by atoms with Crippen LogP contribution < -0.4 is 5.73 Å². The van der Waals surface area contributed by atoms with Gasteiger partial charge in [0.15, 0.2) is 0 Å². The molecule has 0 radical (unpaired) electrons. The smallest absolute Gasteiger partial charge is 0.0738 e. The van der Waals surface area contributed by atoms with Crippen LogP contribution in [-0.2, 0) is 0 Å². The molecule has 90 valence electrons. The summed E-state index contributed by atoms with van der Waals surface area (Å²) in [6, 6.07) is 0.321. The van der Waals surface area contributed by atoms with Gasteiger partial charge in [0.25, 0.3) is 0 Å². The highest BCUT2D eigenvalue weighted by Crippen LogP contribution is 2.37. The van der Waals surface area contributed by atoms with Crippen molar-refractivity contribution in [3.8, 4) is 0 Å². The molecular formula is C11H18BrN3O. The zero-order valence-electron chi connectivity index (χ0n) is 9.70. The Bertz CT molecular complexity index is 404. The lowest BCUT2D eigenvalue weighted by Crippen LogP contribution is -2.40. The Hall–Kier alpha value is -0.390. The van der Waals surface area contributed by atoms with Crippen LogP contribution >= 0.6 is 15.9 Å². The molecule has 0 amide bonds. The van der Waals surface area contributed by atoms with Gasteiger partial charge in [-0.1, -0.05) is 0 Å². The van der Waals surface area contributed by atoms with Crippen LogP contribution in [0.1, 0.15) is 36.7 Å². The van der Waals surface area contributed by atoms with Gasteiger partial charge in [-0.05, 0) is 49.0 Å². The second-order valence-corrected chi connectivity index (χ2v) is 5.64. The van der Waals surface area contributed by atoms with Crippen LogP contribution in [-0.4, -0.2) is 27.0 Å². The van der Waals surface area contributed by atoms with E-state index in [1.165, 1.54) is 0 Å². The quantitative estimate of drug-likeness (QED) is 0.870. The van der Waals surface area contributed by atoms with Crippen LogP contribution in [0, 0.1) is 13.8 Å². The van der Waals surface area contributed by atoms with Crippen LogP contribution in [0.3, 0.4) is 0 Å². The van der Waals surface area contributed by atoms with Gasteiger partial charge in [-0.3, -0.25) is 4.68 Å². The molecule has 1 aliphatic rings. The first-order valence-corrected chi connectivity index (χ1v) is 6.37. The first-order valence-electron chi connectivity index (χ1n) is 5.58. The Morgan fingerprint density at radius 2 is 2.31 bits per heavy atom. The van der Waals surface area contributed by atoms with Crippen molar-refractivity contribution < 1.29 is 5.11 Å². The molecule has 2 unspecified atom stereocenters. The van der Waals surface area contributed by atoms with Gasteiger partial charge in [-0.15, -0.1) is 0 Å². The first-order chi connectivity index (χ1) is 7.47. The van der Waals surface area contributed by atoms with E-state index in [0.717, 1.165) is 35.1 Å². The summed E-state index contributed by atoms with van der Waals surface area (Å²) >= 11 is 3.53. The molecule has 0 aliphatic heterocycles. The number of hydrogen-bond donors (Lipinski definition) is 2. The van der Waals surface area contributed by atoms with E-state index in [2.05, 4.69) is 28.0 Å². The molecule has 1 fully saturated rings. The second kappa shape index (κ2) is 4.13. The van der Waals surface area contributed by atoms with E-state index in [0.29, 0.717) is 6.04 Å². The van der Waals surface area contributed by atoms with Crippen LogP contribution in [0.25, 0.3) is 0 Å². The van der Waals surface area contributed by atoms with Gasteiger partial charge in [0.1, 0.15) is 0 Å². The zero-order chi connectivity index (χ0) is 11.9. The highest BCUT2D eigenvalue weighted by molar-refractivity contribution is 9.10. The Kier molecular flexibility index (Phi) is 3.11. The summed E-state index contributed by atoms with van der Waals surface area (Å²) in [5.41, 5.74) is 7.82. The van der Waals surface area contributed by atoms with E-state index in [4.69, 9.17) is 5.73 Å². The molecule has 0 saturated heterocycles. The number of aliphatic hydroxyl groups is 1. The lowest BCUT2D eigenvalue weighted by atomic mass is 10.0. The SMILES string of the molecule is Cc1nn(C2CCC(N)(CO)C2)c(C)c1Br. The fraction of sp³-hybridized carbons (Fsp3) is 0.727. The van der Waals surface area contributed by atoms with E-state index in [-0.39, 0.29) is 6.61 Å². The second-order valence-electron chi connectivity index (χ2n) is 4.85. The average Bonchev–Trinajstić information content (AvgIpc) is 2.76. The molecule has 0 bridgehead atoms. The summed E-state index contributed by atoms with van der Waals surface area (Å²) in [5, 5.41) is 13.8. The van der Waals surface area contributed by atoms with Gasteiger partial charge < -0.3 is 10.8 Å². The molecule has 1 aromatic heterocycles. The minimum atomic E-state index is -0.413. The van der Waals surface area contributed by atoms with E-state index in [9.17, 15) is 5.11 Å². The predicted octanol–water partition coefficient (Wildman–Crippen LogP) is 1.68. The molecule has 16 heavy (non-hydrogen) atoms. The minimum absolute atomic E-state index is 0.0595. The lowest BCUT2D eigenvalue weighted by molar-refractivity contribution is 0.195. The lowest BCUT2D eigenvalue weighted by Gasteiger charge is -2.21. The van der Waals surface area contributed by atoms with Crippen LogP contribution in [0.15, 0.2) is 4.47 Å². The molecule has 3 N–H and O–H groups in total. The Labute approximate surface area is 104 Å². The number of aromatic nitrogens is 2. The molecule has 1 aromatic rings. The van der Waals surface area contributed by atoms with Gasteiger partial charge in [0, 0.05) is 5.54 Å². The van der Waals surface area contributed by atoms with Gasteiger partial charge in [0.05, 0.1) is 28.5 Å². The van der Waals surface area contributed by atoms with Crippen LogP contribution in [0.2, 0.25) is 0 Å². The topological polar surface area (TPSA) is 64.1 Å². The summed E-state index contributed by atoms with van der Waals surface area (Å²) in [6.45, 7) is 4.10. The van der Waals surface area contributed by atoms with Crippen molar-refractivity contribution in [3.05, 3.63) is 15.9 Å². The molecule has 5 heteroatoms. The monoisotopic (exact) mass is 287 g/mol. The number of aryl methyl sites for hydroxylation is 1. The van der Waals surface area contributed by atoms with Crippen molar-refractivity contribution in [2.24, 2.45) is 5.73 Å². The number of hydrogen-bond acceptors (Lipinski definition) is 3. The number of halogens is 1. The van der Waals surface area contributed by atoms with Crippen LogP contribution in [0.5, 0.6) is 0 Å². The van der Waals surface area contributed by atoms with Crippen molar-refractivity contribution in [2.75, 3.05) is 6.61 Å². The minimum Gasteiger partial charge on any atom is -0.394 e. The molecule has 1 heterocycles. The van der Waals surface area contributed by atoms with Crippen LogP contribution in [0.4, 0.5) is 0 Å². The molecule has 4 nitrogen and oxygen atoms in total. The van der Waals surface area contributed by atoms with Crippen molar-refractivity contribution in [2.45, 2.75) is 44.7 Å². The third-order valence-corrected chi connectivity index (χ3v) is 4.66. The Morgan fingerprint density at radius 3 is 2.75 bits per heavy atom. The fourth-order valence-electron chi connectivity index (χ4n) is 2.48. The number of nitrogens with zero attached hydrogens (tertiary/aromatic N) is 2. The van der Waals surface area contributed by atoms with E-state index in [1.807, 2.05) is 11.6 Å². The highest BCUT2D eigenvalue weighted by Gasteiger charge is 2.37. The molecular weight excluding hydrogens is 270 g/mol. The molecule has 0 aromatic carbocycles. The maximum Gasteiger partial charge on any atom is 0.0738 e. The molecule has 1 saturated carbocycles. The maximum atomic E-state index is 9.26. The van der Waals surface area contributed by atoms with Crippen molar-refractivity contribution in [3.63, 3.8) is 0 Å². The van der Waals surface area contributed by atoms with Crippen molar-refractivity contribution >= 4 is 15.9 Å². The normalized spacial score (nSPS) is 29.9. The first kappa shape index (κ1) is 12.1. The van der Waals surface area contributed by atoms with Crippen molar-refractivity contribution in [1.29, 1.82) is 0 Å². The summed E-state index contributed by atoms with van der Waals surface area (Å²) in [5.74, 6) is 0. The molecule has 1 aliphatic carbocycles. The summed E-state index contributed by atoms with van der Waals surface area (Å²) < 4.78 is 3.12. The van der Waals surface area contributed by atoms with E-state index in [1.54, 1.807) is 0 Å². The maximum absolute atomic E-state index is 9.26. The van der Waals surface area contributed by atoms with Gasteiger partial charge in [0.2, 0.25) is 0 Å². The molecule has 2 atom stereocenters. The summed E-state index contributed by atoms with van der Waals surface area (Å²) in [6.07, 6.45) is 2.66. The fourth-order valence-corrected chi connectivity index (χ4v) is 2.74. The highest BCUT2D eigenvalue weighted by atomic mass is 79.9. The zero-order valence-corrected chi connectivity index (χ0v) is 11.3. The number of nitrogens with two attached hydrogens (primary N) is 1.